The van der Waals surface area contributed by atoms with Crippen molar-refractivity contribution in [2.75, 3.05) is 33.6 Å². The fourth-order valence-electron chi connectivity index (χ4n) is 5.57. The van der Waals surface area contributed by atoms with Crippen molar-refractivity contribution in [1.29, 1.82) is 0 Å². The second-order valence-electron chi connectivity index (χ2n) is 10.3. The normalized spacial score (nSPS) is 14.5. The van der Waals surface area contributed by atoms with Crippen molar-refractivity contribution in [2.24, 2.45) is 11.5 Å². The molecule has 0 aliphatic carbocycles. The molecule has 1 aliphatic heterocycles. The Morgan fingerprint density at radius 3 is 2.50 bits per heavy atom. The minimum atomic E-state index is -0.866. The Hall–Kier alpha value is -3.59. The van der Waals surface area contributed by atoms with Gasteiger partial charge in [0.05, 0.1) is 7.11 Å². The largest absolute Gasteiger partial charge is 0.497 e. The van der Waals surface area contributed by atoms with Crippen molar-refractivity contribution in [2.45, 2.75) is 45.0 Å². The molecule has 0 bridgehead atoms. The topological polar surface area (TPSA) is 87.9 Å². The average Bonchev–Trinajstić information content (AvgIpc) is 3.34. The van der Waals surface area contributed by atoms with Crippen molar-refractivity contribution in [3.05, 3.63) is 78.0 Å². The molecule has 1 aromatic heterocycles. The van der Waals surface area contributed by atoms with Crippen molar-refractivity contribution < 1.29 is 18.6 Å². The maximum atomic E-state index is 12.8. The molecular weight excluding hydrogens is 507 g/mol. The van der Waals surface area contributed by atoms with Crippen LogP contribution in [-0.4, -0.2) is 49.2 Å². The third-order valence-electron chi connectivity index (χ3n) is 7.64. The van der Waals surface area contributed by atoms with Crippen molar-refractivity contribution >= 4 is 10.9 Å². The van der Waals surface area contributed by atoms with Gasteiger partial charge in [0.2, 0.25) is 6.86 Å². The standard InChI is InChI=1S/C32H39FN4O3/c1-38-26-4-2-5-28(18-26)40-25-10-14-36(15-11-25)20-23-6-9-32-30(16-23)31(21-37(32)13-3-12-34)29-8-7-27(39-22-33)17-24(29)19-35/h2,4-9,16-18,21,25H,3,10-15,19-20,22,34-35H2,1H3. The summed E-state index contributed by atoms with van der Waals surface area (Å²) in [5.41, 5.74) is 17.5. The Bertz CT molecular complexity index is 1410. The number of nitrogens with two attached hydrogens (primary N) is 2. The molecule has 0 spiro atoms. The zero-order valence-corrected chi connectivity index (χ0v) is 23.2. The number of aryl methyl sites for hydroxylation is 1. The van der Waals surface area contributed by atoms with E-state index in [2.05, 4.69) is 33.9 Å². The third-order valence-corrected chi connectivity index (χ3v) is 7.64. The summed E-state index contributed by atoms with van der Waals surface area (Å²) in [6.07, 6.45) is 5.24. The summed E-state index contributed by atoms with van der Waals surface area (Å²) >= 11 is 0. The van der Waals surface area contributed by atoms with Crippen LogP contribution < -0.4 is 25.7 Å². The van der Waals surface area contributed by atoms with Crippen LogP contribution in [0.4, 0.5) is 4.39 Å². The highest BCUT2D eigenvalue weighted by molar-refractivity contribution is 5.97. The Balaban J connectivity index is 1.34. The van der Waals surface area contributed by atoms with E-state index in [1.165, 1.54) is 16.5 Å². The second kappa shape index (κ2) is 13.2. The molecule has 0 unspecified atom stereocenters. The fourth-order valence-corrected chi connectivity index (χ4v) is 5.57. The molecule has 0 radical (unpaired) electrons. The highest BCUT2D eigenvalue weighted by Gasteiger charge is 2.22. The van der Waals surface area contributed by atoms with Gasteiger partial charge >= 0.3 is 0 Å². The van der Waals surface area contributed by atoms with Gasteiger partial charge in [0.25, 0.3) is 0 Å². The van der Waals surface area contributed by atoms with E-state index in [-0.39, 0.29) is 6.10 Å². The zero-order chi connectivity index (χ0) is 27.9. The molecule has 0 amide bonds. The van der Waals surface area contributed by atoms with Gasteiger partial charge in [0.1, 0.15) is 23.4 Å². The molecule has 4 aromatic rings. The number of piperidine rings is 1. The van der Waals surface area contributed by atoms with E-state index in [0.717, 1.165) is 73.6 Å². The van der Waals surface area contributed by atoms with Crippen LogP contribution in [0.3, 0.4) is 0 Å². The summed E-state index contributed by atoms with van der Waals surface area (Å²) in [5.74, 6) is 2.15. The van der Waals surface area contributed by atoms with Gasteiger partial charge in [-0.05, 0) is 78.9 Å². The number of alkyl halides is 1. The van der Waals surface area contributed by atoms with E-state index < -0.39 is 6.86 Å². The van der Waals surface area contributed by atoms with Crippen LogP contribution in [0.1, 0.15) is 30.4 Å². The number of benzene rings is 3. The molecule has 40 heavy (non-hydrogen) atoms. The Labute approximate surface area is 235 Å². The summed E-state index contributed by atoms with van der Waals surface area (Å²) in [4.78, 5) is 2.49. The summed E-state index contributed by atoms with van der Waals surface area (Å²) in [6, 6.07) is 20.2. The van der Waals surface area contributed by atoms with E-state index in [0.29, 0.717) is 18.8 Å². The van der Waals surface area contributed by atoms with E-state index >= 15 is 0 Å². The number of hydrogen-bond donors (Lipinski definition) is 2. The number of likely N-dealkylation sites (tertiary alicyclic amines) is 1. The monoisotopic (exact) mass is 546 g/mol. The van der Waals surface area contributed by atoms with Crippen LogP contribution in [0.15, 0.2) is 66.9 Å². The van der Waals surface area contributed by atoms with E-state index in [9.17, 15) is 4.39 Å². The maximum Gasteiger partial charge on any atom is 0.228 e. The Kier molecular flexibility index (Phi) is 9.21. The van der Waals surface area contributed by atoms with Crippen molar-refractivity contribution in [3.63, 3.8) is 0 Å². The first kappa shape index (κ1) is 28.0. The summed E-state index contributed by atoms with van der Waals surface area (Å²) in [6.45, 7) is 3.77. The lowest BCUT2D eigenvalue weighted by atomic mass is 9.97. The molecule has 3 aromatic carbocycles. The second-order valence-corrected chi connectivity index (χ2v) is 10.3. The first-order valence-electron chi connectivity index (χ1n) is 14.0. The van der Waals surface area contributed by atoms with Gasteiger partial charge in [-0.25, -0.2) is 4.39 Å². The number of ether oxygens (including phenoxy) is 3. The predicted octanol–water partition coefficient (Wildman–Crippen LogP) is 5.47. The minimum Gasteiger partial charge on any atom is -0.497 e. The summed E-state index contributed by atoms with van der Waals surface area (Å²) < 4.78 is 31.7. The van der Waals surface area contributed by atoms with Crippen molar-refractivity contribution in [3.8, 4) is 28.4 Å². The van der Waals surface area contributed by atoms with Gasteiger partial charge in [0, 0.05) is 61.5 Å². The van der Waals surface area contributed by atoms with E-state index in [1.54, 1.807) is 13.2 Å². The van der Waals surface area contributed by atoms with Gasteiger partial charge in [-0.1, -0.05) is 18.2 Å². The fraction of sp³-hybridized carbons (Fsp3) is 0.375. The molecule has 7 nitrogen and oxygen atoms in total. The Morgan fingerprint density at radius 1 is 0.925 bits per heavy atom. The van der Waals surface area contributed by atoms with Gasteiger partial charge < -0.3 is 30.2 Å². The van der Waals surface area contributed by atoms with Crippen LogP contribution in [0.2, 0.25) is 0 Å². The van der Waals surface area contributed by atoms with Gasteiger partial charge in [-0.2, -0.15) is 0 Å². The molecule has 4 N–H and O–H groups in total. The number of methoxy groups -OCH3 is 1. The van der Waals surface area contributed by atoms with Gasteiger partial charge in [0.15, 0.2) is 0 Å². The number of fused-ring (bicyclic) bond motifs is 1. The van der Waals surface area contributed by atoms with Crippen LogP contribution in [0, 0.1) is 0 Å². The molecule has 1 aliphatic rings. The van der Waals surface area contributed by atoms with E-state index in [4.69, 9.17) is 25.7 Å². The van der Waals surface area contributed by atoms with Crippen LogP contribution in [0.5, 0.6) is 17.2 Å². The predicted molar refractivity (Wildman–Crippen MR) is 157 cm³/mol. The van der Waals surface area contributed by atoms with Gasteiger partial charge in [-0.3, -0.25) is 4.90 Å². The third kappa shape index (κ3) is 6.41. The molecule has 1 saturated heterocycles. The SMILES string of the molecule is COc1cccc(OC2CCN(Cc3ccc4c(c3)c(-c3ccc(OCF)cc3CN)cn4CCCN)CC2)c1. The summed E-state index contributed by atoms with van der Waals surface area (Å²) in [7, 11) is 1.67. The lowest BCUT2D eigenvalue weighted by molar-refractivity contribution is 0.0966. The number of halogens is 1. The molecular formula is C32H39FN4O3. The molecule has 5 rings (SSSR count). The molecule has 8 heteroatoms. The Morgan fingerprint density at radius 2 is 1.75 bits per heavy atom. The number of aromatic nitrogens is 1. The van der Waals surface area contributed by atoms with Crippen LogP contribution >= 0.6 is 0 Å². The molecule has 0 saturated carbocycles. The van der Waals surface area contributed by atoms with Crippen molar-refractivity contribution in [1.82, 2.24) is 9.47 Å². The lowest BCUT2D eigenvalue weighted by Gasteiger charge is -2.32. The van der Waals surface area contributed by atoms with E-state index in [1.807, 2.05) is 36.4 Å². The molecule has 0 atom stereocenters. The number of rotatable bonds is 12. The first-order chi connectivity index (χ1) is 19.6. The smallest absolute Gasteiger partial charge is 0.228 e. The molecule has 1 fully saturated rings. The first-order valence-corrected chi connectivity index (χ1v) is 14.0. The highest BCUT2D eigenvalue weighted by atomic mass is 19.1. The number of nitrogens with zero attached hydrogens (tertiary/aromatic N) is 2. The van der Waals surface area contributed by atoms with Gasteiger partial charge in [-0.15, -0.1) is 0 Å². The highest BCUT2D eigenvalue weighted by Crippen LogP contribution is 2.36. The quantitative estimate of drug-likeness (QED) is 0.245. The average molecular weight is 547 g/mol. The minimum absolute atomic E-state index is 0.202. The lowest BCUT2D eigenvalue weighted by Crippen LogP contribution is -2.37. The summed E-state index contributed by atoms with van der Waals surface area (Å²) in [5, 5.41) is 1.18. The van der Waals surface area contributed by atoms with Crippen LogP contribution in [-0.2, 0) is 19.6 Å². The number of hydrogen-bond acceptors (Lipinski definition) is 6. The van der Waals surface area contributed by atoms with Crippen LogP contribution in [0.25, 0.3) is 22.0 Å². The molecule has 2 heterocycles. The molecule has 212 valence electrons. The maximum absolute atomic E-state index is 12.8. The zero-order valence-electron chi connectivity index (χ0n) is 23.2.